The molecule has 0 saturated heterocycles. The Bertz CT molecular complexity index is 755. The Labute approximate surface area is 177 Å². The Hall–Kier alpha value is -2.38. The van der Waals surface area contributed by atoms with Crippen molar-refractivity contribution >= 4 is 11.9 Å². The van der Waals surface area contributed by atoms with Gasteiger partial charge in [0, 0.05) is 31.1 Å². The first-order chi connectivity index (χ1) is 14.6. The van der Waals surface area contributed by atoms with Crippen LogP contribution >= 0.6 is 0 Å². The summed E-state index contributed by atoms with van der Waals surface area (Å²) in [6.45, 7) is 2.41. The van der Waals surface area contributed by atoms with Crippen molar-refractivity contribution in [3.05, 3.63) is 47.2 Å². The zero-order chi connectivity index (χ0) is 21.5. The van der Waals surface area contributed by atoms with Crippen LogP contribution in [0.5, 0.6) is 0 Å². The van der Waals surface area contributed by atoms with Gasteiger partial charge in [0.2, 0.25) is 6.29 Å². The summed E-state index contributed by atoms with van der Waals surface area (Å²) in [5, 5.41) is 12.4. The van der Waals surface area contributed by atoms with Gasteiger partial charge in [0.05, 0.1) is 12.7 Å². The molecule has 0 bridgehead atoms. The lowest BCUT2D eigenvalue weighted by Gasteiger charge is -2.37. The lowest BCUT2D eigenvalue weighted by atomic mass is 9.80. The fraction of sp³-hybridized carbons (Fsp3) is 0.565. The van der Waals surface area contributed by atoms with E-state index in [1.165, 1.54) is 7.11 Å². The second-order valence-electron chi connectivity index (χ2n) is 7.74. The lowest BCUT2D eigenvalue weighted by molar-refractivity contribution is -0.167. The molecule has 7 nitrogen and oxygen atoms in total. The molecule has 30 heavy (non-hydrogen) atoms. The van der Waals surface area contributed by atoms with Gasteiger partial charge in [-0.3, -0.25) is 4.79 Å². The third-order valence-electron chi connectivity index (χ3n) is 5.79. The predicted octanol–water partition coefficient (Wildman–Crippen LogP) is 2.89. The standard InChI is InChI=1S/C23H31NO6/c1-3-29-23-18(8-5-13-25)19(15-9-11-16(12-10-15)22(27)28-2)14-20(30-23)21(26)24-17-6-4-7-17/h9-12,14,17-19,23,25H,3-8,13H2,1-2H3,(H,24,26)/t18-,19+,23+/m0/s1. The van der Waals surface area contributed by atoms with Gasteiger partial charge in [0.1, 0.15) is 0 Å². The molecule has 0 aromatic heterocycles. The van der Waals surface area contributed by atoms with Crippen LogP contribution in [0.25, 0.3) is 0 Å². The molecule has 1 aliphatic carbocycles. The number of aliphatic hydroxyl groups is 1. The minimum Gasteiger partial charge on any atom is -0.465 e. The summed E-state index contributed by atoms with van der Waals surface area (Å²) in [5.74, 6) is -0.561. The van der Waals surface area contributed by atoms with Crippen LogP contribution in [-0.4, -0.2) is 49.6 Å². The van der Waals surface area contributed by atoms with Gasteiger partial charge in [-0.2, -0.15) is 0 Å². The molecule has 2 N–H and O–H groups in total. The van der Waals surface area contributed by atoms with Gasteiger partial charge < -0.3 is 24.6 Å². The Kier molecular flexibility index (Phi) is 7.87. The van der Waals surface area contributed by atoms with Crippen LogP contribution in [0.4, 0.5) is 0 Å². The second-order valence-corrected chi connectivity index (χ2v) is 7.74. The van der Waals surface area contributed by atoms with Crippen LogP contribution in [0.1, 0.15) is 60.9 Å². The molecule has 0 radical (unpaired) electrons. The summed E-state index contributed by atoms with van der Waals surface area (Å²) in [6, 6.07) is 7.39. The van der Waals surface area contributed by atoms with Crippen molar-refractivity contribution in [2.24, 2.45) is 5.92 Å². The third kappa shape index (κ3) is 5.21. The van der Waals surface area contributed by atoms with Gasteiger partial charge in [0.25, 0.3) is 5.91 Å². The number of nitrogens with one attached hydrogen (secondary N) is 1. The first-order valence-electron chi connectivity index (χ1n) is 10.7. The van der Waals surface area contributed by atoms with Crippen molar-refractivity contribution in [3.8, 4) is 0 Å². The Morgan fingerprint density at radius 1 is 1.23 bits per heavy atom. The molecular weight excluding hydrogens is 386 g/mol. The summed E-state index contributed by atoms with van der Waals surface area (Å²) >= 11 is 0. The molecule has 1 aliphatic heterocycles. The van der Waals surface area contributed by atoms with Gasteiger partial charge in [0.15, 0.2) is 5.76 Å². The van der Waals surface area contributed by atoms with E-state index in [4.69, 9.17) is 14.2 Å². The number of carbonyl (C=O) groups excluding carboxylic acids is 2. The average Bonchev–Trinajstić information content (AvgIpc) is 2.74. The van der Waals surface area contributed by atoms with E-state index in [9.17, 15) is 14.7 Å². The van der Waals surface area contributed by atoms with Crippen LogP contribution in [0.15, 0.2) is 36.1 Å². The number of hydrogen-bond acceptors (Lipinski definition) is 6. The van der Waals surface area contributed by atoms with E-state index in [2.05, 4.69) is 5.32 Å². The highest BCUT2D eigenvalue weighted by Gasteiger charge is 2.38. The number of rotatable bonds is 9. The van der Waals surface area contributed by atoms with Gasteiger partial charge in [-0.1, -0.05) is 12.1 Å². The first-order valence-corrected chi connectivity index (χ1v) is 10.7. The molecule has 3 atom stereocenters. The number of allylic oxidation sites excluding steroid dienone is 1. The van der Waals surface area contributed by atoms with E-state index in [1.54, 1.807) is 12.1 Å². The molecule has 164 valence electrons. The number of amides is 1. The van der Waals surface area contributed by atoms with Crippen LogP contribution in [0.2, 0.25) is 0 Å². The molecule has 0 unspecified atom stereocenters. The van der Waals surface area contributed by atoms with E-state index < -0.39 is 12.3 Å². The van der Waals surface area contributed by atoms with E-state index in [0.29, 0.717) is 25.0 Å². The third-order valence-corrected chi connectivity index (χ3v) is 5.79. The number of aliphatic hydroxyl groups excluding tert-OH is 1. The molecule has 1 aromatic rings. The molecule has 1 fully saturated rings. The number of benzene rings is 1. The van der Waals surface area contributed by atoms with Crippen LogP contribution in [-0.2, 0) is 19.0 Å². The highest BCUT2D eigenvalue weighted by molar-refractivity contribution is 5.92. The van der Waals surface area contributed by atoms with Gasteiger partial charge in [-0.25, -0.2) is 4.79 Å². The molecule has 1 amide bonds. The van der Waals surface area contributed by atoms with Gasteiger partial charge in [-0.05, 0) is 62.8 Å². The summed E-state index contributed by atoms with van der Waals surface area (Å²) < 4.78 is 16.6. The van der Waals surface area contributed by atoms with Crippen molar-refractivity contribution < 1.29 is 28.9 Å². The van der Waals surface area contributed by atoms with Crippen LogP contribution in [0, 0.1) is 5.92 Å². The summed E-state index contributed by atoms with van der Waals surface area (Å²) in [6.07, 6.45) is 5.66. The minimum atomic E-state index is -0.584. The SMILES string of the molecule is CCO[C@@H]1OC(C(=O)NC2CCC2)=C[C@H](c2ccc(C(=O)OC)cc2)[C@@H]1CCCO. The molecule has 1 aromatic carbocycles. The van der Waals surface area contributed by atoms with Gasteiger partial charge >= 0.3 is 5.97 Å². The average molecular weight is 418 g/mol. The second kappa shape index (κ2) is 10.6. The Morgan fingerprint density at radius 2 is 1.97 bits per heavy atom. The summed E-state index contributed by atoms with van der Waals surface area (Å²) in [7, 11) is 1.35. The Morgan fingerprint density at radius 3 is 2.53 bits per heavy atom. The molecule has 1 heterocycles. The molecule has 3 rings (SSSR count). The van der Waals surface area contributed by atoms with E-state index in [1.807, 2.05) is 25.1 Å². The monoisotopic (exact) mass is 417 g/mol. The van der Waals surface area contributed by atoms with Crippen LogP contribution in [0.3, 0.4) is 0 Å². The lowest BCUT2D eigenvalue weighted by Crippen LogP contribution is -2.43. The molecule has 0 spiro atoms. The van der Waals surface area contributed by atoms with Crippen molar-refractivity contribution in [2.75, 3.05) is 20.3 Å². The van der Waals surface area contributed by atoms with Crippen molar-refractivity contribution in [2.45, 2.75) is 57.3 Å². The fourth-order valence-corrected chi connectivity index (χ4v) is 3.91. The largest absolute Gasteiger partial charge is 0.465 e. The number of ether oxygens (including phenoxy) is 3. The quantitative estimate of drug-likeness (QED) is 0.600. The van der Waals surface area contributed by atoms with E-state index in [0.717, 1.165) is 24.8 Å². The number of hydrogen-bond donors (Lipinski definition) is 2. The molecule has 7 heteroatoms. The number of methoxy groups -OCH3 is 1. The van der Waals surface area contributed by atoms with Crippen molar-refractivity contribution in [1.82, 2.24) is 5.32 Å². The maximum Gasteiger partial charge on any atom is 0.337 e. The summed E-state index contributed by atoms with van der Waals surface area (Å²) in [4.78, 5) is 24.5. The fourth-order valence-electron chi connectivity index (χ4n) is 3.91. The normalized spacial score (nSPS) is 23.7. The molecule has 1 saturated carbocycles. The highest BCUT2D eigenvalue weighted by Crippen LogP contribution is 2.39. The maximum atomic E-state index is 12.8. The van der Waals surface area contributed by atoms with Crippen molar-refractivity contribution in [3.63, 3.8) is 0 Å². The highest BCUT2D eigenvalue weighted by atomic mass is 16.7. The Balaban J connectivity index is 1.90. The van der Waals surface area contributed by atoms with Crippen LogP contribution < -0.4 is 5.32 Å². The zero-order valence-corrected chi connectivity index (χ0v) is 17.6. The number of carbonyl (C=O) groups is 2. The predicted molar refractivity (Wildman–Crippen MR) is 111 cm³/mol. The van der Waals surface area contributed by atoms with Gasteiger partial charge in [-0.15, -0.1) is 0 Å². The number of esters is 1. The zero-order valence-electron chi connectivity index (χ0n) is 17.6. The minimum absolute atomic E-state index is 0.0682. The first kappa shape index (κ1) is 22.3. The molecule has 2 aliphatic rings. The van der Waals surface area contributed by atoms with E-state index in [-0.39, 0.29) is 36.2 Å². The molecular formula is C23H31NO6. The summed E-state index contributed by atoms with van der Waals surface area (Å²) in [5.41, 5.74) is 1.42. The topological polar surface area (TPSA) is 94.1 Å². The van der Waals surface area contributed by atoms with Crippen molar-refractivity contribution in [1.29, 1.82) is 0 Å². The van der Waals surface area contributed by atoms with E-state index >= 15 is 0 Å². The smallest absolute Gasteiger partial charge is 0.337 e. The maximum absolute atomic E-state index is 12.8.